The Kier molecular flexibility index (Phi) is 4.60. The number of hydrogen-bond donors (Lipinski definition) is 0. The van der Waals surface area contributed by atoms with Crippen LogP contribution < -0.4 is 0 Å². The molecule has 0 bridgehead atoms. The Morgan fingerprint density at radius 1 is 1.17 bits per heavy atom. The lowest BCUT2D eigenvalue weighted by molar-refractivity contribution is -0.149. The molecule has 1 amide bonds. The smallest absolute Gasteiger partial charge is 0.310 e. The minimum atomic E-state index is -0.201. The molecule has 0 N–H and O–H groups in total. The number of fused-ring (bicyclic) bond motifs is 1. The molecule has 4 heteroatoms. The van der Waals surface area contributed by atoms with Crippen molar-refractivity contribution in [2.24, 2.45) is 5.92 Å². The number of amides is 1. The molecule has 2 aromatic rings. The van der Waals surface area contributed by atoms with E-state index in [4.69, 9.17) is 4.74 Å². The summed E-state index contributed by atoms with van der Waals surface area (Å²) in [5, 5.41) is 2.17. The van der Waals surface area contributed by atoms with Gasteiger partial charge in [0.2, 0.25) is 0 Å². The van der Waals surface area contributed by atoms with Gasteiger partial charge in [-0.1, -0.05) is 30.3 Å². The summed E-state index contributed by atoms with van der Waals surface area (Å²) in [5.41, 5.74) is 0.674. The fourth-order valence-corrected chi connectivity index (χ4v) is 3.12. The van der Waals surface area contributed by atoms with E-state index >= 15 is 0 Å². The fourth-order valence-electron chi connectivity index (χ4n) is 3.12. The fraction of sp³-hybridized carbons (Fsp3) is 0.368. The van der Waals surface area contributed by atoms with E-state index in [1.165, 1.54) is 0 Å². The molecular formula is C19H21NO3. The van der Waals surface area contributed by atoms with Crippen molar-refractivity contribution < 1.29 is 14.3 Å². The minimum absolute atomic E-state index is 0.00949. The van der Waals surface area contributed by atoms with Crippen molar-refractivity contribution in [1.82, 2.24) is 4.90 Å². The van der Waals surface area contributed by atoms with Gasteiger partial charge in [-0.15, -0.1) is 0 Å². The Bertz CT molecular complexity index is 725. The van der Waals surface area contributed by atoms with Gasteiger partial charge in [0.1, 0.15) is 0 Å². The van der Waals surface area contributed by atoms with Crippen LogP contribution in [-0.4, -0.2) is 36.5 Å². The number of likely N-dealkylation sites (tertiary alicyclic amines) is 1. The molecule has 120 valence electrons. The molecule has 23 heavy (non-hydrogen) atoms. The van der Waals surface area contributed by atoms with Gasteiger partial charge >= 0.3 is 5.97 Å². The van der Waals surface area contributed by atoms with Crippen LogP contribution in [0.25, 0.3) is 10.8 Å². The van der Waals surface area contributed by atoms with Gasteiger partial charge in [0.15, 0.2) is 0 Å². The van der Waals surface area contributed by atoms with Gasteiger partial charge in [-0.3, -0.25) is 9.59 Å². The first-order chi connectivity index (χ1) is 11.2. The van der Waals surface area contributed by atoms with Crippen LogP contribution in [0.2, 0.25) is 0 Å². The van der Waals surface area contributed by atoms with Crippen LogP contribution in [-0.2, 0) is 9.53 Å². The Morgan fingerprint density at radius 2 is 1.96 bits per heavy atom. The highest BCUT2D eigenvalue weighted by atomic mass is 16.5. The lowest BCUT2D eigenvalue weighted by Gasteiger charge is -2.31. The molecule has 1 unspecified atom stereocenters. The summed E-state index contributed by atoms with van der Waals surface area (Å²) in [7, 11) is 0. The SMILES string of the molecule is CCOC(=O)C1CCCN(C(=O)c2ccc3ccccc3c2)C1. The van der Waals surface area contributed by atoms with Crippen molar-refractivity contribution in [3.63, 3.8) is 0 Å². The van der Waals surface area contributed by atoms with Crippen molar-refractivity contribution >= 4 is 22.6 Å². The molecule has 0 spiro atoms. The Labute approximate surface area is 136 Å². The quantitative estimate of drug-likeness (QED) is 0.817. The van der Waals surface area contributed by atoms with Crippen molar-refractivity contribution in [2.45, 2.75) is 19.8 Å². The summed E-state index contributed by atoms with van der Waals surface area (Å²) in [6.45, 7) is 3.33. The Balaban J connectivity index is 1.77. The molecule has 1 saturated heterocycles. The molecule has 1 aliphatic heterocycles. The van der Waals surface area contributed by atoms with E-state index < -0.39 is 0 Å². The van der Waals surface area contributed by atoms with E-state index in [-0.39, 0.29) is 17.8 Å². The van der Waals surface area contributed by atoms with Gasteiger partial charge in [0, 0.05) is 18.7 Å². The van der Waals surface area contributed by atoms with Crippen LogP contribution in [0.1, 0.15) is 30.1 Å². The minimum Gasteiger partial charge on any atom is -0.466 e. The maximum absolute atomic E-state index is 12.7. The average molecular weight is 311 g/mol. The molecule has 0 aliphatic carbocycles. The van der Waals surface area contributed by atoms with Gasteiger partial charge in [0.25, 0.3) is 5.91 Å². The highest BCUT2D eigenvalue weighted by Crippen LogP contribution is 2.22. The van der Waals surface area contributed by atoms with Gasteiger partial charge in [-0.05, 0) is 42.7 Å². The zero-order chi connectivity index (χ0) is 16.2. The second-order valence-electron chi connectivity index (χ2n) is 5.90. The molecule has 1 aliphatic rings. The van der Waals surface area contributed by atoms with E-state index in [9.17, 15) is 9.59 Å². The topological polar surface area (TPSA) is 46.6 Å². The summed E-state index contributed by atoms with van der Waals surface area (Å²) in [4.78, 5) is 26.4. The van der Waals surface area contributed by atoms with Crippen LogP contribution in [0.15, 0.2) is 42.5 Å². The lowest BCUT2D eigenvalue weighted by Crippen LogP contribution is -2.42. The van der Waals surface area contributed by atoms with E-state index in [1.54, 1.807) is 11.8 Å². The van der Waals surface area contributed by atoms with Gasteiger partial charge in [-0.25, -0.2) is 0 Å². The zero-order valence-electron chi connectivity index (χ0n) is 13.3. The van der Waals surface area contributed by atoms with E-state index in [2.05, 4.69) is 0 Å². The molecular weight excluding hydrogens is 290 g/mol. The molecule has 0 aromatic heterocycles. The standard InChI is InChI=1S/C19H21NO3/c1-2-23-19(22)17-8-5-11-20(13-17)18(21)16-10-9-14-6-3-4-7-15(14)12-16/h3-4,6-7,9-10,12,17H,2,5,8,11,13H2,1H3. The highest BCUT2D eigenvalue weighted by Gasteiger charge is 2.29. The summed E-state index contributed by atoms with van der Waals surface area (Å²) in [6, 6.07) is 13.7. The van der Waals surface area contributed by atoms with Crippen LogP contribution in [0.3, 0.4) is 0 Å². The first kappa shape index (κ1) is 15.5. The van der Waals surface area contributed by atoms with Crippen molar-refractivity contribution in [3.8, 4) is 0 Å². The van der Waals surface area contributed by atoms with Crippen molar-refractivity contribution in [3.05, 3.63) is 48.0 Å². The van der Waals surface area contributed by atoms with Gasteiger partial charge in [-0.2, -0.15) is 0 Å². The average Bonchev–Trinajstić information content (AvgIpc) is 2.61. The van der Waals surface area contributed by atoms with E-state index in [0.717, 1.165) is 23.6 Å². The van der Waals surface area contributed by atoms with E-state index in [0.29, 0.717) is 25.3 Å². The lowest BCUT2D eigenvalue weighted by atomic mass is 9.97. The van der Waals surface area contributed by atoms with E-state index in [1.807, 2.05) is 42.5 Å². The zero-order valence-corrected chi connectivity index (χ0v) is 13.3. The normalized spacial score (nSPS) is 18.0. The molecule has 1 fully saturated rings. The third-order valence-corrected chi connectivity index (χ3v) is 4.32. The molecule has 2 aromatic carbocycles. The number of carbonyl (C=O) groups excluding carboxylic acids is 2. The molecule has 0 radical (unpaired) electrons. The van der Waals surface area contributed by atoms with Crippen LogP contribution in [0, 0.1) is 5.92 Å². The number of carbonyl (C=O) groups is 2. The number of esters is 1. The first-order valence-corrected chi connectivity index (χ1v) is 8.13. The second kappa shape index (κ2) is 6.82. The Hall–Kier alpha value is -2.36. The number of benzene rings is 2. The summed E-state index contributed by atoms with van der Waals surface area (Å²) in [6.07, 6.45) is 1.63. The van der Waals surface area contributed by atoms with Crippen molar-refractivity contribution in [1.29, 1.82) is 0 Å². The summed E-state index contributed by atoms with van der Waals surface area (Å²) >= 11 is 0. The Morgan fingerprint density at radius 3 is 2.74 bits per heavy atom. The maximum Gasteiger partial charge on any atom is 0.310 e. The highest BCUT2D eigenvalue weighted by molar-refractivity contribution is 5.98. The first-order valence-electron chi connectivity index (χ1n) is 8.13. The van der Waals surface area contributed by atoms with Crippen molar-refractivity contribution in [2.75, 3.05) is 19.7 Å². The van der Waals surface area contributed by atoms with Gasteiger partial charge < -0.3 is 9.64 Å². The molecule has 1 heterocycles. The maximum atomic E-state index is 12.7. The third kappa shape index (κ3) is 3.36. The number of nitrogens with zero attached hydrogens (tertiary/aromatic N) is 1. The predicted octanol–water partition coefficient (Wildman–Crippen LogP) is 3.26. The number of ether oxygens (including phenoxy) is 1. The molecule has 4 nitrogen and oxygen atoms in total. The number of rotatable bonds is 3. The second-order valence-corrected chi connectivity index (χ2v) is 5.90. The van der Waals surface area contributed by atoms with Crippen LogP contribution in [0.5, 0.6) is 0 Å². The molecule has 3 rings (SSSR count). The molecule has 1 atom stereocenters. The molecule has 0 saturated carbocycles. The number of piperidine rings is 1. The largest absolute Gasteiger partial charge is 0.466 e. The predicted molar refractivity (Wildman–Crippen MR) is 89.2 cm³/mol. The third-order valence-electron chi connectivity index (χ3n) is 4.32. The van der Waals surface area contributed by atoms with Crippen LogP contribution >= 0.6 is 0 Å². The van der Waals surface area contributed by atoms with Gasteiger partial charge in [0.05, 0.1) is 12.5 Å². The number of hydrogen-bond acceptors (Lipinski definition) is 3. The monoisotopic (exact) mass is 311 g/mol. The summed E-state index contributed by atoms with van der Waals surface area (Å²) in [5.74, 6) is -0.402. The summed E-state index contributed by atoms with van der Waals surface area (Å²) < 4.78 is 5.10. The van der Waals surface area contributed by atoms with Crippen LogP contribution in [0.4, 0.5) is 0 Å².